The fraction of sp³-hybridized carbons (Fsp3) is 0.227. The molecule has 0 bridgehead atoms. The van der Waals surface area contributed by atoms with E-state index in [4.69, 9.17) is 5.73 Å². The van der Waals surface area contributed by atoms with Crippen molar-refractivity contribution in [2.24, 2.45) is 5.73 Å². The minimum atomic E-state index is -0.475. The van der Waals surface area contributed by atoms with Crippen LogP contribution in [0.1, 0.15) is 49.0 Å². The minimum absolute atomic E-state index is 0.226. The zero-order valence-electron chi connectivity index (χ0n) is 16.4. The predicted octanol–water partition coefficient (Wildman–Crippen LogP) is 4.69. The average Bonchev–Trinajstić information content (AvgIpc) is 3.41. The van der Waals surface area contributed by atoms with Gasteiger partial charge in [-0.05, 0) is 56.4 Å². The first kappa shape index (κ1) is 19.0. The molecule has 1 aliphatic carbocycles. The summed E-state index contributed by atoms with van der Waals surface area (Å²) >= 11 is 2.87. The number of primary amides is 1. The number of fused-ring (bicyclic) bond motifs is 2. The molecule has 1 aromatic carbocycles. The molecule has 30 heavy (non-hydrogen) atoms. The molecule has 1 aliphatic rings. The van der Waals surface area contributed by atoms with Crippen LogP contribution in [0.25, 0.3) is 15.9 Å². The molecule has 4 aromatic rings. The zero-order valence-corrected chi connectivity index (χ0v) is 18.0. The number of hydrogen-bond donors (Lipinski definition) is 2. The van der Waals surface area contributed by atoms with Gasteiger partial charge in [-0.15, -0.1) is 22.7 Å². The highest BCUT2D eigenvalue weighted by molar-refractivity contribution is 7.21. The first-order valence-electron chi connectivity index (χ1n) is 9.83. The van der Waals surface area contributed by atoms with Gasteiger partial charge >= 0.3 is 0 Å². The highest BCUT2D eigenvalue weighted by Gasteiger charge is 2.26. The zero-order chi connectivity index (χ0) is 20.8. The van der Waals surface area contributed by atoms with Gasteiger partial charge in [0.1, 0.15) is 9.83 Å². The van der Waals surface area contributed by atoms with Crippen LogP contribution in [0.5, 0.6) is 0 Å². The normalized spacial score (nSPS) is 13.4. The molecular weight excluding hydrogens is 416 g/mol. The fourth-order valence-electron chi connectivity index (χ4n) is 3.98. The van der Waals surface area contributed by atoms with Crippen LogP contribution in [-0.4, -0.2) is 21.6 Å². The van der Waals surface area contributed by atoms with Crippen molar-refractivity contribution >= 4 is 49.7 Å². The molecule has 0 unspecified atom stereocenters. The Labute approximate surface area is 181 Å². The van der Waals surface area contributed by atoms with Gasteiger partial charge in [0.05, 0.1) is 21.8 Å². The average molecular weight is 437 g/mol. The quantitative estimate of drug-likeness (QED) is 0.486. The molecule has 0 fully saturated rings. The second-order valence-electron chi connectivity index (χ2n) is 7.40. The number of rotatable bonds is 4. The SMILES string of the molecule is Cc1nn(-c2ccccc2)c2sc(C(=O)Nc3sc4c(c3C(N)=O)CCCC4)cc12. The second-order valence-corrected chi connectivity index (χ2v) is 9.53. The van der Waals surface area contributed by atoms with Gasteiger partial charge in [0.15, 0.2) is 0 Å². The highest BCUT2D eigenvalue weighted by atomic mass is 32.1. The van der Waals surface area contributed by atoms with Crippen LogP contribution in [0.15, 0.2) is 36.4 Å². The van der Waals surface area contributed by atoms with E-state index in [1.54, 1.807) is 0 Å². The number of para-hydroxylation sites is 1. The van der Waals surface area contributed by atoms with Crippen molar-refractivity contribution in [3.63, 3.8) is 0 Å². The topological polar surface area (TPSA) is 90.0 Å². The number of aromatic nitrogens is 2. The number of benzene rings is 1. The van der Waals surface area contributed by atoms with Crippen molar-refractivity contribution in [2.75, 3.05) is 5.32 Å². The second kappa shape index (κ2) is 7.37. The maximum Gasteiger partial charge on any atom is 0.266 e. The number of carbonyl (C=O) groups is 2. The summed E-state index contributed by atoms with van der Waals surface area (Å²) in [6.45, 7) is 1.94. The highest BCUT2D eigenvalue weighted by Crippen LogP contribution is 2.38. The van der Waals surface area contributed by atoms with Crippen LogP contribution in [0, 0.1) is 6.92 Å². The Morgan fingerprint density at radius 1 is 1.13 bits per heavy atom. The number of thiophene rings is 2. The van der Waals surface area contributed by atoms with E-state index >= 15 is 0 Å². The summed E-state index contributed by atoms with van der Waals surface area (Å²) in [5.74, 6) is -0.701. The minimum Gasteiger partial charge on any atom is -0.365 e. The Morgan fingerprint density at radius 3 is 2.67 bits per heavy atom. The molecular formula is C22H20N4O2S2. The Balaban J connectivity index is 1.51. The molecule has 0 saturated heterocycles. The van der Waals surface area contributed by atoms with E-state index in [1.165, 1.54) is 22.7 Å². The summed E-state index contributed by atoms with van der Waals surface area (Å²) in [4.78, 5) is 27.8. The van der Waals surface area contributed by atoms with Gasteiger partial charge in [-0.1, -0.05) is 18.2 Å². The van der Waals surface area contributed by atoms with Crippen LogP contribution in [0.3, 0.4) is 0 Å². The number of aryl methyl sites for hydroxylation is 2. The number of nitrogens with one attached hydrogen (secondary N) is 1. The van der Waals surface area contributed by atoms with E-state index < -0.39 is 5.91 Å². The lowest BCUT2D eigenvalue weighted by Crippen LogP contribution is -2.18. The van der Waals surface area contributed by atoms with Crippen LogP contribution in [-0.2, 0) is 12.8 Å². The Morgan fingerprint density at radius 2 is 1.90 bits per heavy atom. The summed E-state index contributed by atoms with van der Waals surface area (Å²) in [5.41, 5.74) is 8.97. The third kappa shape index (κ3) is 3.12. The van der Waals surface area contributed by atoms with Gasteiger partial charge in [0.2, 0.25) is 0 Å². The molecule has 0 spiro atoms. The molecule has 8 heteroatoms. The molecule has 2 amide bonds. The van der Waals surface area contributed by atoms with Crippen molar-refractivity contribution in [3.05, 3.63) is 63.0 Å². The number of nitrogens with two attached hydrogens (primary N) is 1. The van der Waals surface area contributed by atoms with Crippen molar-refractivity contribution < 1.29 is 9.59 Å². The van der Waals surface area contributed by atoms with E-state index in [0.717, 1.165) is 57.7 Å². The monoisotopic (exact) mass is 436 g/mol. The van der Waals surface area contributed by atoms with E-state index in [9.17, 15) is 9.59 Å². The summed E-state index contributed by atoms with van der Waals surface area (Å²) in [6.07, 6.45) is 3.92. The number of hydrogen-bond acceptors (Lipinski definition) is 5. The van der Waals surface area contributed by atoms with Gasteiger partial charge in [0, 0.05) is 10.3 Å². The molecule has 3 N–H and O–H groups in total. The predicted molar refractivity (Wildman–Crippen MR) is 121 cm³/mol. The van der Waals surface area contributed by atoms with Crippen molar-refractivity contribution in [3.8, 4) is 5.69 Å². The van der Waals surface area contributed by atoms with Gasteiger partial charge in [-0.25, -0.2) is 4.68 Å². The largest absolute Gasteiger partial charge is 0.365 e. The molecule has 3 aromatic heterocycles. The fourth-order valence-corrected chi connectivity index (χ4v) is 6.35. The molecule has 0 radical (unpaired) electrons. The van der Waals surface area contributed by atoms with Crippen LogP contribution in [0.4, 0.5) is 5.00 Å². The molecule has 5 rings (SSSR count). The third-order valence-electron chi connectivity index (χ3n) is 5.41. The Kier molecular flexibility index (Phi) is 4.67. The summed E-state index contributed by atoms with van der Waals surface area (Å²) in [5, 5.41) is 9.10. The Hall–Kier alpha value is -2.97. The van der Waals surface area contributed by atoms with Gasteiger partial charge in [-0.2, -0.15) is 5.10 Å². The molecule has 3 heterocycles. The number of anilines is 1. The van der Waals surface area contributed by atoms with Crippen molar-refractivity contribution in [2.45, 2.75) is 32.6 Å². The maximum atomic E-state index is 13.1. The van der Waals surface area contributed by atoms with Gasteiger partial charge in [0.25, 0.3) is 11.8 Å². The number of nitrogens with zero attached hydrogens (tertiary/aromatic N) is 2. The number of amides is 2. The first-order chi connectivity index (χ1) is 14.5. The van der Waals surface area contributed by atoms with E-state index in [0.29, 0.717) is 15.4 Å². The summed E-state index contributed by atoms with van der Waals surface area (Å²) in [6, 6.07) is 11.7. The van der Waals surface area contributed by atoms with E-state index in [2.05, 4.69) is 10.4 Å². The molecule has 0 atom stereocenters. The van der Waals surface area contributed by atoms with Gasteiger partial charge in [-0.3, -0.25) is 9.59 Å². The van der Waals surface area contributed by atoms with Crippen molar-refractivity contribution in [1.82, 2.24) is 9.78 Å². The third-order valence-corrected chi connectivity index (χ3v) is 7.73. The van der Waals surface area contributed by atoms with Crippen LogP contribution >= 0.6 is 22.7 Å². The standard InChI is InChI=1S/C22H20N4O2S2/c1-12-15-11-17(30-22(15)26(25-12)13-7-3-2-4-8-13)20(28)24-21-18(19(23)27)14-9-5-6-10-16(14)29-21/h2-4,7-8,11H,5-6,9-10H2,1H3,(H2,23,27)(H,24,28). The molecule has 6 nitrogen and oxygen atoms in total. The lowest BCUT2D eigenvalue weighted by Gasteiger charge is -2.11. The lowest BCUT2D eigenvalue weighted by atomic mass is 9.95. The lowest BCUT2D eigenvalue weighted by molar-refractivity contribution is 0.100. The van der Waals surface area contributed by atoms with Gasteiger partial charge < -0.3 is 11.1 Å². The smallest absolute Gasteiger partial charge is 0.266 e. The van der Waals surface area contributed by atoms with E-state index in [1.807, 2.05) is 48.0 Å². The molecule has 0 aliphatic heterocycles. The Bertz CT molecular complexity index is 1280. The first-order valence-corrected chi connectivity index (χ1v) is 11.5. The molecule has 152 valence electrons. The maximum absolute atomic E-state index is 13.1. The summed E-state index contributed by atoms with van der Waals surface area (Å²) < 4.78 is 1.87. The van der Waals surface area contributed by atoms with E-state index in [-0.39, 0.29) is 5.91 Å². The molecule has 0 saturated carbocycles. The van der Waals surface area contributed by atoms with Crippen LogP contribution in [0.2, 0.25) is 0 Å². The van der Waals surface area contributed by atoms with Crippen molar-refractivity contribution in [1.29, 1.82) is 0 Å². The number of carbonyl (C=O) groups excluding carboxylic acids is 2. The van der Waals surface area contributed by atoms with Crippen LogP contribution < -0.4 is 11.1 Å². The summed E-state index contributed by atoms with van der Waals surface area (Å²) in [7, 11) is 0.